The maximum Gasteiger partial charge on any atom is 0.244 e. The van der Waals surface area contributed by atoms with Crippen LogP contribution >= 0.6 is 0 Å². The van der Waals surface area contributed by atoms with Gasteiger partial charge in [-0.15, -0.1) is 4.68 Å². The van der Waals surface area contributed by atoms with Crippen LogP contribution in [0, 0.1) is 0 Å². The molecule has 0 N–H and O–H groups in total. The second-order valence-electron chi connectivity index (χ2n) is 8.11. The highest BCUT2D eigenvalue weighted by Crippen LogP contribution is 2.35. The molecule has 0 atom stereocenters. The van der Waals surface area contributed by atoms with Crippen LogP contribution in [0.5, 0.6) is 0 Å². The predicted molar refractivity (Wildman–Crippen MR) is 107 cm³/mol. The van der Waals surface area contributed by atoms with Gasteiger partial charge in [-0.25, -0.2) is 0 Å². The van der Waals surface area contributed by atoms with Crippen molar-refractivity contribution in [1.29, 1.82) is 0 Å². The van der Waals surface area contributed by atoms with Crippen molar-refractivity contribution in [2.45, 2.75) is 71.3 Å². The van der Waals surface area contributed by atoms with Gasteiger partial charge in [0.2, 0.25) is 11.9 Å². The molecular weight excluding hydrogens is 316 g/mol. The normalized spacial score (nSPS) is 15.1. The number of hydrogen-bond acceptors (Lipinski definition) is 0. The lowest BCUT2D eigenvalue weighted by atomic mass is 9.83. The van der Waals surface area contributed by atoms with E-state index >= 15 is 0 Å². The summed E-state index contributed by atoms with van der Waals surface area (Å²) in [5, 5.41) is 1.35. The maximum absolute atomic E-state index is 2.56. The van der Waals surface area contributed by atoms with Crippen LogP contribution in [0.25, 0.3) is 16.6 Å². The Bertz CT molecular complexity index is 964. The second kappa shape index (κ2) is 6.57. The van der Waals surface area contributed by atoms with E-state index in [4.69, 9.17) is 0 Å². The molecule has 0 fully saturated rings. The van der Waals surface area contributed by atoms with Crippen molar-refractivity contribution >= 4 is 10.9 Å². The molecule has 134 valence electrons. The first-order valence-corrected chi connectivity index (χ1v) is 10.5. The molecule has 0 bridgehead atoms. The standard InChI is InChI=1S/C24H29N2/c1-2-3-4-5-10-18-15-20-17-25-23-14-9-6-11-19(23)16-26(25)24(20)22-13-8-7-12-21(18)22/h6,9,11,14-16H,2-5,7-8,10,12-13,17H2,1H3/q+1. The highest BCUT2D eigenvalue weighted by Gasteiger charge is 2.35. The Balaban J connectivity index is 1.59. The topological polar surface area (TPSA) is 8.81 Å². The average Bonchev–Trinajstić information content (AvgIpc) is 3.21. The van der Waals surface area contributed by atoms with Gasteiger partial charge in [-0.1, -0.05) is 43.0 Å². The highest BCUT2D eigenvalue weighted by atomic mass is 15.4. The Morgan fingerprint density at radius 3 is 2.73 bits per heavy atom. The van der Waals surface area contributed by atoms with Crippen molar-refractivity contribution in [2.24, 2.45) is 0 Å². The fourth-order valence-corrected chi connectivity index (χ4v) is 5.11. The largest absolute Gasteiger partial charge is 0.244 e. The van der Waals surface area contributed by atoms with Crippen LogP contribution in [-0.2, 0) is 25.8 Å². The van der Waals surface area contributed by atoms with Crippen molar-refractivity contribution in [3.8, 4) is 5.69 Å². The van der Waals surface area contributed by atoms with E-state index in [0.717, 1.165) is 6.54 Å². The van der Waals surface area contributed by atoms with Gasteiger partial charge in [0, 0.05) is 5.56 Å². The van der Waals surface area contributed by atoms with E-state index in [1.54, 1.807) is 22.3 Å². The Kier molecular flexibility index (Phi) is 4.07. The molecule has 1 aliphatic carbocycles. The Hall–Kier alpha value is -2.09. The number of aromatic nitrogens is 2. The number of rotatable bonds is 5. The summed E-state index contributed by atoms with van der Waals surface area (Å²) in [5.41, 5.74) is 9.42. The number of nitrogens with zero attached hydrogens (tertiary/aromatic N) is 2. The van der Waals surface area contributed by atoms with Crippen LogP contribution in [0.4, 0.5) is 0 Å². The maximum atomic E-state index is 2.56. The zero-order chi connectivity index (χ0) is 17.5. The molecule has 0 spiro atoms. The number of hydrogen-bond donors (Lipinski definition) is 0. The van der Waals surface area contributed by atoms with Crippen LogP contribution in [0.3, 0.4) is 0 Å². The Morgan fingerprint density at radius 1 is 1.00 bits per heavy atom. The quantitative estimate of drug-likeness (QED) is 0.344. The van der Waals surface area contributed by atoms with Gasteiger partial charge in [0.1, 0.15) is 12.1 Å². The van der Waals surface area contributed by atoms with Gasteiger partial charge >= 0.3 is 0 Å². The lowest BCUT2D eigenvalue weighted by molar-refractivity contribution is -0.673. The fraction of sp³-hybridized carbons (Fsp3) is 0.458. The van der Waals surface area contributed by atoms with E-state index in [9.17, 15) is 0 Å². The third kappa shape index (κ3) is 2.50. The molecule has 2 nitrogen and oxygen atoms in total. The average molecular weight is 346 g/mol. The third-order valence-electron chi connectivity index (χ3n) is 6.38. The molecule has 5 rings (SSSR count). The lowest BCUT2D eigenvalue weighted by Gasteiger charge is -2.20. The Labute approximate surface area is 156 Å². The summed E-state index contributed by atoms with van der Waals surface area (Å²) in [7, 11) is 0. The number of para-hydroxylation sites is 1. The minimum atomic E-state index is 1.03. The Morgan fingerprint density at radius 2 is 1.85 bits per heavy atom. The highest BCUT2D eigenvalue weighted by molar-refractivity contribution is 5.78. The van der Waals surface area contributed by atoms with Gasteiger partial charge in [0.25, 0.3) is 0 Å². The van der Waals surface area contributed by atoms with Gasteiger partial charge in [-0.3, -0.25) is 0 Å². The molecule has 26 heavy (non-hydrogen) atoms. The zero-order valence-electron chi connectivity index (χ0n) is 15.9. The van der Waals surface area contributed by atoms with E-state index < -0.39 is 0 Å². The summed E-state index contributed by atoms with van der Waals surface area (Å²) >= 11 is 0. The molecular formula is C24H29N2+. The van der Waals surface area contributed by atoms with Crippen LogP contribution < -0.4 is 4.68 Å². The summed E-state index contributed by atoms with van der Waals surface area (Å²) in [6.07, 6.45) is 14.3. The molecule has 0 saturated carbocycles. The lowest BCUT2D eigenvalue weighted by Crippen LogP contribution is -2.36. The van der Waals surface area contributed by atoms with Gasteiger partial charge in [-0.2, -0.15) is 0 Å². The summed E-state index contributed by atoms with van der Waals surface area (Å²) < 4.78 is 4.92. The summed E-state index contributed by atoms with van der Waals surface area (Å²) in [4.78, 5) is 0. The molecule has 0 saturated heterocycles. The first-order chi connectivity index (χ1) is 12.9. The van der Waals surface area contributed by atoms with E-state index in [0.29, 0.717) is 0 Å². The monoisotopic (exact) mass is 345 g/mol. The van der Waals surface area contributed by atoms with Crippen LogP contribution in [-0.4, -0.2) is 4.68 Å². The van der Waals surface area contributed by atoms with Crippen LogP contribution in [0.1, 0.15) is 67.7 Å². The van der Waals surface area contributed by atoms with Crippen molar-refractivity contribution in [3.05, 3.63) is 58.8 Å². The van der Waals surface area contributed by atoms with Crippen molar-refractivity contribution in [3.63, 3.8) is 0 Å². The van der Waals surface area contributed by atoms with Crippen molar-refractivity contribution in [2.75, 3.05) is 0 Å². The minimum absolute atomic E-state index is 1.03. The molecule has 3 aromatic rings. The van der Waals surface area contributed by atoms with Gasteiger partial charge in [0.05, 0.1) is 10.9 Å². The SMILES string of the molecule is CCCCCCc1cc2c(c3c1CCCC3)-[n+]1cc3ccccc3n1C2. The molecule has 0 radical (unpaired) electrons. The third-order valence-corrected chi connectivity index (χ3v) is 6.38. The summed E-state index contributed by atoms with van der Waals surface area (Å²) in [6, 6.07) is 11.4. The van der Waals surface area contributed by atoms with E-state index in [1.807, 2.05) is 0 Å². The number of aryl methyl sites for hydroxylation is 1. The first kappa shape index (κ1) is 16.1. The van der Waals surface area contributed by atoms with Crippen molar-refractivity contribution < 1.29 is 4.68 Å². The van der Waals surface area contributed by atoms with Crippen molar-refractivity contribution in [1.82, 2.24) is 4.68 Å². The number of unbranched alkanes of at least 4 members (excludes halogenated alkanes) is 3. The molecule has 1 aliphatic heterocycles. The molecule has 0 unspecified atom stereocenters. The number of benzene rings is 2. The first-order valence-electron chi connectivity index (χ1n) is 10.5. The van der Waals surface area contributed by atoms with E-state index in [1.165, 1.54) is 74.4 Å². The second-order valence-corrected chi connectivity index (χ2v) is 8.11. The summed E-state index contributed by atoms with van der Waals surface area (Å²) in [6.45, 7) is 3.32. The number of fused-ring (bicyclic) bond motifs is 7. The fourth-order valence-electron chi connectivity index (χ4n) is 5.11. The van der Waals surface area contributed by atoms with E-state index in [-0.39, 0.29) is 0 Å². The molecule has 2 aromatic carbocycles. The smallest absolute Gasteiger partial charge is 0.143 e. The van der Waals surface area contributed by atoms with Gasteiger partial charge < -0.3 is 0 Å². The van der Waals surface area contributed by atoms with Gasteiger partial charge in [0.15, 0.2) is 0 Å². The molecule has 1 aromatic heterocycles. The van der Waals surface area contributed by atoms with Crippen LogP contribution in [0.2, 0.25) is 0 Å². The van der Waals surface area contributed by atoms with Crippen LogP contribution in [0.15, 0.2) is 36.5 Å². The van der Waals surface area contributed by atoms with Gasteiger partial charge in [-0.05, 0) is 67.9 Å². The molecule has 2 heterocycles. The van der Waals surface area contributed by atoms with E-state index in [2.05, 4.69) is 52.8 Å². The summed E-state index contributed by atoms with van der Waals surface area (Å²) in [5.74, 6) is 0. The molecule has 2 aliphatic rings. The predicted octanol–water partition coefficient (Wildman–Crippen LogP) is 5.28. The molecule has 0 amide bonds. The zero-order valence-corrected chi connectivity index (χ0v) is 15.9. The minimum Gasteiger partial charge on any atom is -0.143 e. The molecule has 2 heteroatoms.